The smallest absolute Gasteiger partial charge is 0.243 e. The Morgan fingerprint density at radius 3 is 2.36 bits per heavy atom. The number of anilines is 3. The van der Waals surface area contributed by atoms with E-state index in [1.54, 1.807) is 24.3 Å². The van der Waals surface area contributed by atoms with Crippen LogP contribution in [0, 0.1) is 18.3 Å². The summed E-state index contributed by atoms with van der Waals surface area (Å²) in [6.45, 7) is 8.43. The summed E-state index contributed by atoms with van der Waals surface area (Å²) in [7, 11) is 0. The number of nitriles is 1. The Hall–Kier alpha value is -3.00. The number of amides is 1. The SMILES string of the molecule is CCN(CC)c1ccc(NCC(=O)Nc2ccc(C#N)cc2)c(C)c1. The van der Waals surface area contributed by atoms with Crippen molar-refractivity contribution in [1.29, 1.82) is 5.26 Å². The van der Waals surface area contributed by atoms with Gasteiger partial charge in [-0.25, -0.2) is 0 Å². The summed E-state index contributed by atoms with van der Waals surface area (Å²) in [6, 6.07) is 15.1. The Bertz CT molecular complexity index is 758. The third-order valence-electron chi connectivity index (χ3n) is 4.08. The van der Waals surface area contributed by atoms with Gasteiger partial charge in [-0.3, -0.25) is 4.79 Å². The maximum Gasteiger partial charge on any atom is 0.243 e. The molecule has 0 fully saturated rings. The summed E-state index contributed by atoms with van der Waals surface area (Å²) < 4.78 is 0. The van der Waals surface area contributed by atoms with Crippen LogP contribution in [0.4, 0.5) is 17.1 Å². The fourth-order valence-electron chi connectivity index (χ4n) is 2.64. The minimum Gasteiger partial charge on any atom is -0.376 e. The minimum absolute atomic E-state index is 0.128. The molecule has 0 aliphatic carbocycles. The van der Waals surface area contributed by atoms with Crippen molar-refractivity contribution in [2.45, 2.75) is 20.8 Å². The van der Waals surface area contributed by atoms with Gasteiger partial charge in [-0.05, 0) is 68.8 Å². The largest absolute Gasteiger partial charge is 0.376 e. The van der Waals surface area contributed by atoms with Crippen LogP contribution in [0.25, 0.3) is 0 Å². The van der Waals surface area contributed by atoms with Crippen molar-refractivity contribution in [3.05, 3.63) is 53.6 Å². The summed E-state index contributed by atoms with van der Waals surface area (Å²) in [5, 5.41) is 14.8. The van der Waals surface area contributed by atoms with Crippen LogP contribution < -0.4 is 15.5 Å². The molecule has 2 aromatic carbocycles. The summed E-state index contributed by atoms with van der Waals surface area (Å²) >= 11 is 0. The first-order valence-corrected chi connectivity index (χ1v) is 8.46. The second-order valence-corrected chi connectivity index (χ2v) is 5.76. The van der Waals surface area contributed by atoms with Crippen LogP contribution in [0.2, 0.25) is 0 Å². The van der Waals surface area contributed by atoms with Crippen LogP contribution >= 0.6 is 0 Å². The molecular weight excluding hydrogens is 312 g/mol. The molecule has 0 saturated heterocycles. The van der Waals surface area contributed by atoms with Gasteiger partial charge in [0.1, 0.15) is 0 Å². The van der Waals surface area contributed by atoms with E-state index in [1.807, 2.05) is 13.0 Å². The third kappa shape index (κ3) is 4.98. The second-order valence-electron chi connectivity index (χ2n) is 5.76. The van der Waals surface area contributed by atoms with Crippen molar-refractivity contribution in [3.8, 4) is 6.07 Å². The molecule has 0 saturated carbocycles. The lowest BCUT2D eigenvalue weighted by Gasteiger charge is -2.22. The highest BCUT2D eigenvalue weighted by Gasteiger charge is 2.07. The van der Waals surface area contributed by atoms with E-state index < -0.39 is 0 Å². The number of aryl methyl sites for hydroxylation is 1. The molecule has 5 nitrogen and oxygen atoms in total. The molecule has 0 aromatic heterocycles. The van der Waals surface area contributed by atoms with Gasteiger partial charge < -0.3 is 15.5 Å². The highest BCUT2D eigenvalue weighted by Crippen LogP contribution is 2.22. The van der Waals surface area contributed by atoms with Crippen LogP contribution in [0.5, 0.6) is 0 Å². The first-order chi connectivity index (χ1) is 12.1. The number of rotatable bonds is 7. The Labute approximate surface area is 149 Å². The number of nitrogens with one attached hydrogen (secondary N) is 2. The molecule has 2 rings (SSSR count). The minimum atomic E-state index is -0.128. The van der Waals surface area contributed by atoms with E-state index in [-0.39, 0.29) is 12.5 Å². The van der Waals surface area contributed by atoms with Gasteiger partial charge in [-0.15, -0.1) is 0 Å². The van der Waals surface area contributed by atoms with Crippen molar-refractivity contribution in [2.75, 3.05) is 35.2 Å². The molecular formula is C20H24N4O. The molecule has 0 aliphatic rings. The maximum absolute atomic E-state index is 12.1. The Kier molecular flexibility index (Phi) is 6.41. The average molecular weight is 336 g/mol. The zero-order chi connectivity index (χ0) is 18.2. The van der Waals surface area contributed by atoms with E-state index >= 15 is 0 Å². The van der Waals surface area contributed by atoms with Crippen molar-refractivity contribution in [3.63, 3.8) is 0 Å². The highest BCUT2D eigenvalue weighted by atomic mass is 16.1. The molecule has 0 aliphatic heterocycles. The van der Waals surface area contributed by atoms with Gasteiger partial charge in [0.25, 0.3) is 0 Å². The number of nitrogens with zero attached hydrogens (tertiary/aromatic N) is 2. The zero-order valence-corrected chi connectivity index (χ0v) is 15.0. The lowest BCUT2D eigenvalue weighted by molar-refractivity contribution is -0.114. The van der Waals surface area contributed by atoms with Crippen LogP contribution in [0.15, 0.2) is 42.5 Å². The average Bonchev–Trinajstić information content (AvgIpc) is 2.62. The fraction of sp³-hybridized carbons (Fsp3) is 0.300. The number of hydrogen-bond acceptors (Lipinski definition) is 4. The third-order valence-corrected chi connectivity index (χ3v) is 4.08. The van der Waals surface area contributed by atoms with E-state index in [0.29, 0.717) is 11.3 Å². The molecule has 0 radical (unpaired) electrons. The predicted molar refractivity (Wildman–Crippen MR) is 103 cm³/mol. The number of carbonyl (C=O) groups excluding carboxylic acids is 1. The van der Waals surface area contributed by atoms with E-state index in [2.05, 4.69) is 47.6 Å². The van der Waals surface area contributed by atoms with Crippen molar-refractivity contribution < 1.29 is 4.79 Å². The van der Waals surface area contributed by atoms with E-state index in [4.69, 9.17) is 5.26 Å². The summed E-state index contributed by atoms with van der Waals surface area (Å²) in [5.74, 6) is -0.128. The standard InChI is InChI=1S/C20H24N4O/c1-4-24(5-2)18-10-11-19(15(3)12-18)22-14-20(25)23-17-8-6-16(13-21)7-9-17/h6-12,22H,4-5,14H2,1-3H3,(H,23,25). The molecule has 130 valence electrons. The topological polar surface area (TPSA) is 68.2 Å². The highest BCUT2D eigenvalue weighted by molar-refractivity contribution is 5.93. The number of hydrogen-bond donors (Lipinski definition) is 2. The number of benzene rings is 2. The van der Waals surface area contributed by atoms with Crippen molar-refractivity contribution in [2.24, 2.45) is 0 Å². The van der Waals surface area contributed by atoms with E-state index in [0.717, 1.165) is 24.3 Å². The summed E-state index contributed by atoms with van der Waals surface area (Å²) in [6.07, 6.45) is 0. The van der Waals surface area contributed by atoms with Crippen LogP contribution in [0.1, 0.15) is 25.0 Å². The maximum atomic E-state index is 12.1. The molecule has 0 atom stereocenters. The summed E-state index contributed by atoms with van der Waals surface area (Å²) in [4.78, 5) is 14.4. The Morgan fingerprint density at radius 1 is 1.12 bits per heavy atom. The molecule has 2 aromatic rings. The van der Waals surface area contributed by atoms with Gasteiger partial charge in [0, 0.05) is 30.2 Å². The first-order valence-electron chi connectivity index (χ1n) is 8.46. The predicted octanol–water partition coefficient (Wildman–Crippen LogP) is 3.76. The molecule has 0 unspecified atom stereocenters. The van der Waals surface area contributed by atoms with Gasteiger partial charge in [0.05, 0.1) is 18.2 Å². The molecule has 5 heteroatoms. The molecule has 0 heterocycles. The fourth-order valence-corrected chi connectivity index (χ4v) is 2.64. The summed E-state index contributed by atoms with van der Waals surface area (Å²) in [5.41, 5.74) is 4.50. The molecule has 25 heavy (non-hydrogen) atoms. The van der Waals surface area contributed by atoms with Crippen molar-refractivity contribution >= 4 is 23.0 Å². The molecule has 2 N–H and O–H groups in total. The van der Waals surface area contributed by atoms with Gasteiger partial charge in [0.2, 0.25) is 5.91 Å². The Balaban J connectivity index is 1.93. The lowest BCUT2D eigenvalue weighted by Crippen LogP contribution is -2.23. The monoisotopic (exact) mass is 336 g/mol. The second kappa shape index (κ2) is 8.74. The zero-order valence-electron chi connectivity index (χ0n) is 15.0. The van der Waals surface area contributed by atoms with Crippen LogP contribution in [-0.4, -0.2) is 25.5 Å². The lowest BCUT2D eigenvalue weighted by atomic mass is 10.1. The van der Waals surface area contributed by atoms with Gasteiger partial charge in [0.15, 0.2) is 0 Å². The first kappa shape index (κ1) is 18.3. The Morgan fingerprint density at radius 2 is 1.80 bits per heavy atom. The normalized spacial score (nSPS) is 10.0. The molecule has 0 bridgehead atoms. The quantitative estimate of drug-likeness (QED) is 0.808. The van der Waals surface area contributed by atoms with E-state index in [1.165, 1.54) is 5.69 Å². The number of carbonyl (C=O) groups is 1. The molecule has 1 amide bonds. The van der Waals surface area contributed by atoms with Crippen LogP contribution in [-0.2, 0) is 4.79 Å². The van der Waals surface area contributed by atoms with Gasteiger partial charge >= 0.3 is 0 Å². The molecule has 0 spiro atoms. The van der Waals surface area contributed by atoms with Crippen LogP contribution in [0.3, 0.4) is 0 Å². The van der Waals surface area contributed by atoms with Gasteiger partial charge in [-0.2, -0.15) is 5.26 Å². The van der Waals surface area contributed by atoms with Gasteiger partial charge in [-0.1, -0.05) is 0 Å². The van der Waals surface area contributed by atoms with E-state index in [9.17, 15) is 4.79 Å². The van der Waals surface area contributed by atoms with Crippen molar-refractivity contribution in [1.82, 2.24) is 0 Å².